The summed E-state index contributed by atoms with van der Waals surface area (Å²) in [6, 6.07) is 14.1. The number of phenols is 1. The number of aromatic nitrogens is 2. The molecule has 1 aromatic heterocycles. The molecule has 7 nitrogen and oxygen atoms in total. The number of fused-ring (bicyclic) bond motifs is 1. The first-order valence-corrected chi connectivity index (χ1v) is 10.2. The Kier molecular flexibility index (Phi) is 5.72. The number of hydrogen-bond acceptors (Lipinski definition) is 5. The predicted octanol–water partition coefficient (Wildman–Crippen LogP) is 3.50. The van der Waals surface area contributed by atoms with Gasteiger partial charge in [-0.1, -0.05) is 37.6 Å². The number of benzene rings is 2. The van der Waals surface area contributed by atoms with Crippen LogP contribution in [0.15, 0.2) is 48.5 Å². The second-order valence-electron chi connectivity index (χ2n) is 7.28. The molecule has 0 fully saturated rings. The lowest BCUT2D eigenvalue weighted by Gasteiger charge is -2.26. The number of nitrogens with zero attached hydrogens (tertiary/aromatic N) is 2. The fourth-order valence-corrected chi connectivity index (χ4v) is 3.87. The fourth-order valence-electron chi connectivity index (χ4n) is 3.87. The second kappa shape index (κ2) is 8.59. The molecule has 0 saturated carbocycles. The standard InChI is InChI=1S/C23H25N3O4/c1-2-3-13-30-16-8-6-7-15(14-16)22-19-20(17-9-4-5-10-18(17)28)24-25-21(19)23(29)26(22)11-12-27/h4-10,14,22,27-28H,2-3,11-13H2,1H3,(H,24,25)/t22-/m0/s1. The van der Waals surface area contributed by atoms with Gasteiger partial charge >= 0.3 is 0 Å². The first-order valence-electron chi connectivity index (χ1n) is 10.2. The lowest BCUT2D eigenvalue weighted by molar-refractivity contribution is 0.0706. The van der Waals surface area contributed by atoms with Crippen LogP contribution in [0.5, 0.6) is 11.5 Å². The minimum Gasteiger partial charge on any atom is -0.507 e. The molecule has 2 heterocycles. The van der Waals surface area contributed by atoms with Gasteiger partial charge in [0, 0.05) is 17.7 Å². The van der Waals surface area contributed by atoms with Crippen LogP contribution < -0.4 is 4.74 Å². The zero-order chi connectivity index (χ0) is 21.1. The van der Waals surface area contributed by atoms with Crippen molar-refractivity contribution in [1.82, 2.24) is 15.1 Å². The maximum atomic E-state index is 13.0. The molecule has 0 spiro atoms. The minimum absolute atomic E-state index is 0.0928. The number of unbranched alkanes of at least 4 members (excludes halogenated alkanes) is 1. The second-order valence-corrected chi connectivity index (χ2v) is 7.28. The number of H-pyrrole nitrogens is 1. The van der Waals surface area contributed by atoms with Crippen LogP contribution in [0, 0.1) is 0 Å². The molecule has 3 N–H and O–H groups in total. The number of phenolic OH excluding ortho intramolecular Hbond substituents is 1. The van der Waals surface area contributed by atoms with Crippen LogP contribution in [0.25, 0.3) is 11.3 Å². The average molecular weight is 407 g/mol. The quantitative estimate of drug-likeness (QED) is 0.497. The Morgan fingerprint density at radius 1 is 1.20 bits per heavy atom. The normalized spacial score (nSPS) is 15.5. The molecule has 0 unspecified atom stereocenters. The maximum Gasteiger partial charge on any atom is 0.273 e. The summed E-state index contributed by atoms with van der Waals surface area (Å²) in [6.07, 6.45) is 2.01. The maximum absolute atomic E-state index is 13.0. The number of hydrogen-bond donors (Lipinski definition) is 3. The van der Waals surface area contributed by atoms with E-state index in [-0.39, 0.29) is 24.8 Å². The van der Waals surface area contributed by atoms with Gasteiger partial charge in [0.05, 0.1) is 19.3 Å². The summed E-state index contributed by atoms with van der Waals surface area (Å²) >= 11 is 0. The van der Waals surface area contributed by atoms with Crippen molar-refractivity contribution < 1.29 is 19.7 Å². The number of aromatic amines is 1. The van der Waals surface area contributed by atoms with Gasteiger partial charge < -0.3 is 19.8 Å². The summed E-state index contributed by atoms with van der Waals surface area (Å²) in [5, 5.41) is 27.1. The van der Waals surface area contributed by atoms with Crippen molar-refractivity contribution in [2.75, 3.05) is 19.8 Å². The number of ether oxygens (including phenoxy) is 1. The number of nitrogens with one attached hydrogen (secondary N) is 1. The number of aliphatic hydroxyl groups is 1. The van der Waals surface area contributed by atoms with E-state index in [1.54, 1.807) is 23.1 Å². The third kappa shape index (κ3) is 3.52. The molecule has 0 saturated heterocycles. The Labute approximate surface area is 174 Å². The van der Waals surface area contributed by atoms with Crippen molar-refractivity contribution in [3.05, 3.63) is 65.4 Å². The number of β-amino-alcohol motifs (C(OH)–C–C–N with tert-alkyl or cyclic N) is 1. The summed E-state index contributed by atoms with van der Waals surface area (Å²) in [5.74, 6) is 0.601. The highest BCUT2D eigenvalue weighted by atomic mass is 16.5. The molecular weight excluding hydrogens is 382 g/mol. The third-order valence-electron chi connectivity index (χ3n) is 5.30. The summed E-state index contributed by atoms with van der Waals surface area (Å²) in [4.78, 5) is 14.7. The highest BCUT2D eigenvalue weighted by Crippen LogP contribution is 2.44. The zero-order valence-electron chi connectivity index (χ0n) is 16.8. The lowest BCUT2D eigenvalue weighted by Crippen LogP contribution is -2.32. The monoisotopic (exact) mass is 407 g/mol. The van der Waals surface area contributed by atoms with E-state index in [1.165, 1.54) is 0 Å². The van der Waals surface area contributed by atoms with Crippen LogP contribution in [0.3, 0.4) is 0 Å². The Hall–Kier alpha value is -3.32. The summed E-state index contributed by atoms with van der Waals surface area (Å²) in [7, 11) is 0. The van der Waals surface area contributed by atoms with E-state index in [4.69, 9.17) is 4.74 Å². The first-order chi connectivity index (χ1) is 14.7. The molecule has 0 radical (unpaired) electrons. The van der Waals surface area contributed by atoms with E-state index in [9.17, 15) is 15.0 Å². The molecule has 4 rings (SSSR count). The number of carbonyl (C=O) groups excluding carboxylic acids is 1. The van der Waals surface area contributed by atoms with Gasteiger partial charge in [0.2, 0.25) is 0 Å². The van der Waals surface area contributed by atoms with E-state index in [2.05, 4.69) is 17.1 Å². The summed E-state index contributed by atoms with van der Waals surface area (Å²) in [6.45, 7) is 2.77. The summed E-state index contributed by atoms with van der Waals surface area (Å²) in [5.41, 5.74) is 3.01. The van der Waals surface area contributed by atoms with Gasteiger partial charge in [0.15, 0.2) is 0 Å². The van der Waals surface area contributed by atoms with Crippen LogP contribution in [0.4, 0.5) is 0 Å². The highest BCUT2D eigenvalue weighted by Gasteiger charge is 2.42. The molecule has 7 heteroatoms. The topological polar surface area (TPSA) is 98.7 Å². The van der Waals surface area contributed by atoms with E-state index in [0.717, 1.165) is 24.2 Å². The molecule has 2 aromatic carbocycles. The van der Waals surface area contributed by atoms with E-state index < -0.39 is 6.04 Å². The number of rotatable bonds is 8. The van der Waals surface area contributed by atoms with Crippen LogP contribution in [0.1, 0.15) is 47.4 Å². The molecule has 1 aliphatic heterocycles. The van der Waals surface area contributed by atoms with Gasteiger partial charge in [0.25, 0.3) is 5.91 Å². The van der Waals surface area contributed by atoms with Crippen LogP contribution in [0.2, 0.25) is 0 Å². The molecular formula is C23H25N3O4. The third-order valence-corrected chi connectivity index (χ3v) is 5.30. The van der Waals surface area contributed by atoms with Gasteiger partial charge in [-0.25, -0.2) is 0 Å². The number of aliphatic hydroxyl groups excluding tert-OH is 1. The molecule has 0 aliphatic carbocycles. The molecule has 1 amide bonds. The lowest BCUT2D eigenvalue weighted by atomic mass is 9.95. The van der Waals surface area contributed by atoms with E-state index in [0.29, 0.717) is 29.1 Å². The molecule has 0 bridgehead atoms. The molecule has 30 heavy (non-hydrogen) atoms. The molecule has 156 valence electrons. The van der Waals surface area contributed by atoms with E-state index >= 15 is 0 Å². The molecule has 1 aliphatic rings. The minimum atomic E-state index is -0.442. The van der Waals surface area contributed by atoms with Crippen LogP contribution >= 0.6 is 0 Å². The number of carbonyl (C=O) groups is 1. The van der Waals surface area contributed by atoms with E-state index in [1.807, 2.05) is 30.3 Å². The number of aromatic hydroxyl groups is 1. The highest BCUT2D eigenvalue weighted by molar-refractivity contribution is 6.00. The van der Waals surface area contributed by atoms with Crippen molar-refractivity contribution in [1.29, 1.82) is 0 Å². The van der Waals surface area contributed by atoms with Gasteiger partial charge in [-0.2, -0.15) is 5.10 Å². The van der Waals surface area contributed by atoms with Crippen molar-refractivity contribution >= 4 is 5.91 Å². The predicted molar refractivity (Wildman–Crippen MR) is 112 cm³/mol. The SMILES string of the molecule is CCCCOc1cccc([C@H]2c3c(-c4ccccc4O)n[nH]c3C(=O)N2CCO)c1. The fraction of sp³-hybridized carbons (Fsp3) is 0.304. The first kappa shape index (κ1) is 20.0. The number of para-hydroxylation sites is 1. The van der Waals surface area contributed by atoms with Gasteiger partial charge in [-0.05, 0) is 36.2 Å². The number of amides is 1. The Bertz CT molecular complexity index is 1050. The zero-order valence-corrected chi connectivity index (χ0v) is 16.8. The van der Waals surface area contributed by atoms with Crippen molar-refractivity contribution in [3.63, 3.8) is 0 Å². The van der Waals surface area contributed by atoms with Crippen LogP contribution in [-0.4, -0.2) is 51.0 Å². The van der Waals surface area contributed by atoms with Crippen molar-refractivity contribution in [2.24, 2.45) is 0 Å². The van der Waals surface area contributed by atoms with Crippen molar-refractivity contribution in [2.45, 2.75) is 25.8 Å². The van der Waals surface area contributed by atoms with Gasteiger partial charge in [0.1, 0.15) is 22.9 Å². The molecule has 1 atom stereocenters. The van der Waals surface area contributed by atoms with Crippen LogP contribution in [-0.2, 0) is 0 Å². The molecule has 3 aromatic rings. The summed E-state index contributed by atoms with van der Waals surface area (Å²) < 4.78 is 5.86. The smallest absolute Gasteiger partial charge is 0.273 e. The van der Waals surface area contributed by atoms with Crippen molar-refractivity contribution in [3.8, 4) is 22.8 Å². The Morgan fingerprint density at radius 2 is 2.03 bits per heavy atom. The van der Waals surface area contributed by atoms with Gasteiger partial charge in [-0.3, -0.25) is 9.89 Å². The van der Waals surface area contributed by atoms with Gasteiger partial charge in [-0.15, -0.1) is 0 Å². The Morgan fingerprint density at radius 3 is 2.80 bits per heavy atom. The average Bonchev–Trinajstić information content (AvgIpc) is 3.29. The Balaban J connectivity index is 1.80. The largest absolute Gasteiger partial charge is 0.507 e.